The average molecular weight is 445 g/mol. The van der Waals surface area contributed by atoms with Crippen LogP contribution in [0.3, 0.4) is 0 Å². The number of para-hydroxylation sites is 1. The van der Waals surface area contributed by atoms with E-state index < -0.39 is 35.8 Å². The molecule has 1 unspecified atom stereocenters. The van der Waals surface area contributed by atoms with E-state index in [1.165, 1.54) is 0 Å². The van der Waals surface area contributed by atoms with Gasteiger partial charge in [-0.2, -0.15) is 0 Å². The predicted molar refractivity (Wildman–Crippen MR) is 120 cm³/mol. The molecule has 0 saturated carbocycles. The van der Waals surface area contributed by atoms with Crippen LogP contribution in [-0.2, 0) is 28.6 Å². The zero-order chi connectivity index (χ0) is 23.2. The van der Waals surface area contributed by atoms with Crippen LogP contribution in [0, 0.1) is 0 Å². The maximum Gasteiger partial charge on any atom is 0.325 e. The second-order valence-corrected chi connectivity index (χ2v) is 8.41. The molecule has 168 valence electrons. The van der Waals surface area contributed by atoms with Crippen molar-refractivity contribution in [3.63, 3.8) is 0 Å². The zero-order valence-corrected chi connectivity index (χ0v) is 18.1. The highest BCUT2D eigenvalue weighted by Gasteiger charge is 2.54. The number of carbonyl (C=O) groups excluding carboxylic acids is 4. The summed E-state index contributed by atoms with van der Waals surface area (Å²) < 4.78 is 1.82. The molecule has 0 bridgehead atoms. The number of rotatable bonds is 3. The fourth-order valence-corrected chi connectivity index (χ4v) is 4.85. The minimum atomic E-state index is -1.14. The highest BCUT2D eigenvalue weighted by Crippen LogP contribution is 2.39. The van der Waals surface area contributed by atoms with Gasteiger partial charge in [0.1, 0.15) is 12.1 Å². The number of benzene rings is 2. The van der Waals surface area contributed by atoms with Crippen molar-refractivity contribution in [1.29, 1.82) is 0 Å². The van der Waals surface area contributed by atoms with Crippen LogP contribution in [0.4, 0.5) is 4.79 Å². The minimum Gasteiger partial charge on any atom is -0.350 e. The molecule has 1 fully saturated rings. The van der Waals surface area contributed by atoms with Crippen LogP contribution in [-0.4, -0.2) is 39.8 Å². The summed E-state index contributed by atoms with van der Waals surface area (Å²) in [7, 11) is 1.83. The van der Waals surface area contributed by atoms with Crippen LogP contribution in [0.1, 0.15) is 34.3 Å². The molecular formula is C24H23N5O4. The van der Waals surface area contributed by atoms with Gasteiger partial charge in [-0.3, -0.25) is 30.1 Å². The third-order valence-corrected chi connectivity index (χ3v) is 6.41. The average Bonchev–Trinajstić information content (AvgIpc) is 3.28. The highest BCUT2D eigenvalue weighted by molar-refractivity contribution is 6.10. The van der Waals surface area contributed by atoms with Gasteiger partial charge in [0.25, 0.3) is 17.7 Å². The molecule has 1 spiro atoms. The Balaban J connectivity index is 1.27. The lowest BCUT2D eigenvalue weighted by Crippen LogP contribution is -2.49. The summed E-state index contributed by atoms with van der Waals surface area (Å²) in [6, 6.07) is 14.3. The Morgan fingerprint density at radius 1 is 1.06 bits per heavy atom. The molecule has 1 atom stereocenters. The van der Waals surface area contributed by atoms with Gasteiger partial charge < -0.3 is 9.88 Å². The van der Waals surface area contributed by atoms with Crippen molar-refractivity contribution < 1.29 is 19.2 Å². The van der Waals surface area contributed by atoms with Crippen LogP contribution < -0.4 is 16.2 Å². The molecule has 5 rings (SSSR count). The van der Waals surface area contributed by atoms with Crippen LogP contribution >= 0.6 is 0 Å². The summed E-state index contributed by atoms with van der Waals surface area (Å²) in [6.45, 7) is -0.496. The smallest absolute Gasteiger partial charge is 0.325 e. The first kappa shape index (κ1) is 20.7. The number of hydrogen-bond donors (Lipinski definition) is 3. The first-order valence-corrected chi connectivity index (χ1v) is 10.8. The van der Waals surface area contributed by atoms with Crippen LogP contribution in [0.25, 0.3) is 10.9 Å². The lowest BCUT2D eigenvalue weighted by Gasteiger charge is -2.33. The summed E-state index contributed by atoms with van der Waals surface area (Å²) in [6.07, 6.45) is 3.74. The molecule has 9 heteroatoms. The van der Waals surface area contributed by atoms with Crippen LogP contribution in [0.15, 0.2) is 54.7 Å². The van der Waals surface area contributed by atoms with Crippen molar-refractivity contribution >= 4 is 34.7 Å². The summed E-state index contributed by atoms with van der Waals surface area (Å²) in [5, 5.41) is 3.56. The Kier molecular flexibility index (Phi) is 4.88. The van der Waals surface area contributed by atoms with Crippen LogP contribution in [0.2, 0.25) is 0 Å². The van der Waals surface area contributed by atoms with Crippen molar-refractivity contribution in [2.75, 3.05) is 6.54 Å². The van der Waals surface area contributed by atoms with Gasteiger partial charge in [0.2, 0.25) is 0 Å². The van der Waals surface area contributed by atoms with Gasteiger partial charge in [0.05, 0.1) is 5.56 Å². The van der Waals surface area contributed by atoms with E-state index in [4.69, 9.17) is 0 Å². The predicted octanol–water partition coefficient (Wildman–Crippen LogP) is 1.72. The van der Waals surface area contributed by atoms with Gasteiger partial charge in [-0.05, 0) is 36.5 Å². The molecule has 2 aliphatic rings. The summed E-state index contributed by atoms with van der Waals surface area (Å²) in [4.78, 5) is 51.9. The van der Waals surface area contributed by atoms with Crippen molar-refractivity contribution in [2.45, 2.75) is 24.8 Å². The Morgan fingerprint density at radius 2 is 1.82 bits per heavy atom. The second kappa shape index (κ2) is 7.77. The van der Waals surface area contributed by atoms with Gasteiger partial charge >= 0.3 is 6.03 Å². The number of aromatic nitrogens is 1. The van der Waals surface area contributed by atoms with E-state index in [1.54, 1.807) is 6.20 Å². The van der Waals surface area contributed by atoms with Gasteiger partial charge in [0, 0.05) is 24.1 Å². The van der Waals surface area contributed by atoms with Crippen molar-refractivity contribution in [2.24, 2.45) is 7.05 Å². The number of hydrogen-bond acceptors (Lipinski definition) is 4. The number of imide groups is 1. The number of fused-ring (bicyclic) bond motifs is 3. The molecule has 33 heavy (non-hydrogen) atoms. The molecule has 1 saturated heterocycles. The Bertz CT molecular complexity index is 1310. The van der Waals surface area contributed by atoms with E-state index in [0.717, 1.165) is 39.8 Å². The third-order valence-electron chi connectivity index (χ3n) is 6.41. The van der Waals surface area contributed by atoms with Crippen LogP contribution in [0.5, 0.6) is 0 Å². The van der Waals surface area contributed by atoms with Gasteiger partial charge in [-0.25, -0.2) is 4.79 Å². The maximum atomic E-state index is 13.3. The SMILES string of the molecule is Cn1cc(C(=O)NNC(=O)CN2C(=O)NC3(CCCc4ccccc43)C2=O)c2ccccc21. The van der Waals surface area contributed by atoms with E-state index in [1.807, 2.05) is 60.1 Å². The molecule has 3 aromatic rings. The third kappa shape index (κ3) is 3.32. The second-order valence-electron chi connectivity index (χ2n) is 8.41. The first-order chi connectivity index (χ1) is 15.9. The maximum absolute atomic E-state index is 13.3. The number of aryl methyl sites for hydroxylation is 2. The van der Waals surface area contributed by atoms with E-state index in [2.05, 4.69) is 16.2 Å². The number of urea groups is 1. The molecule has 1 aromatic heterocycles. The molecular weight excluding hydrogens is 422 g/mol. The number of carbonyl (C=O) groups is 4. The fourth-order valence-electron chi connectivity index (χ4n) is 4.85. The summed E-state index contributed by atoms with van der Waals surface area (Å²) in [5.74, 6) is -1.61. The molecule has 1 aliphatic carbocycles. The fraction of sp³-hybridized carbons (Fsp3) is 0.250. The topological polar surface area (TPSA) is 113 Å². The van der Waals surface area contributed by atoms with Crippen molar-refractivity contribution in [3.8, 4) is 0 Å². The van der Waals surface area contributed by atoms with Crippen molar-refractivity contribution in [3.05, 3.63) is 71.4 Å². The van der Waals surface area contributed by atoms with Crippen molar-refractivity contribution in [1.82, 2.24) is 25.6 Å². The molecule has 3 N–H and O–H groups in total. The number of amides is 5. The number of nitrogens with zero attached hydrogens (tertiary/aromatic N) is 2. The van der Waals surface area contributed by atoms with Gasteiger partial charge in [0.15, 0.2) is 0 Å². The largest absolute Gasteiger partial charge is 0.350 e. The van der Waals surface area contributed by atoms with E-state index >= 15 is 0 Å². The Hall–Kier alpha value is -4.14. The molecule has 2 aromatic carbocycles. The lowest BCUT2D eigenvalue weighted by molar-refractivity contribution is -0.135. The standard InChI is InChI=1S/C24H23N5O4/c1-28-13-17(16-9-3-5-11-19(16)28)21(31)27-26-20(30)14-29-22(32)24(25-23(29)33)12-6-8-15-7-2-4-10-18(15)24/h2-5,7,9-11,13H,6,8,12,14H2,1H3,(H,25,33)(H,26,30)(H,27,31). The minimum absolute atomic E-state index is 0.404. The van der Waals surface area contributed by atoms with E-state index in [0.29, 0.717) is 12.0 Å². The Morgan fingerprint density at radius 3 is 2.67 bits per heavy atom. The molecule has 5 amide bonds. The normalized spacial score (nSPS) is 19.5. The molecule has 0 radical (unpaired) electrons. The van der Waals surface area contributed by atoms with E-state index in [-0.39, 0.29) is 0 Å². The quantitative estimate of drug-likeness (QED) is 0.421. The monoisotopic (exact) mass is 445 g/mol. The molecule has 2 heterocycles. The van der Waals surface area contributed by atoms with Gasteiger partial charge in [-0.15, -0.1) is 0 Å². The zero-order valence-electron chi connectivity index (χ0n) is 18.1. The molecule has 9 nitrogen and oxygen atoms in total. The van der Waals surface area contributed by atoms with Gasteiger partial charge in [-0.1, -0.05) is 42.5 Å². The summed E-state index contributed by atoms with van der Waals surface area (Å²) in [5.41, 5.74) is 6.63. The first-order valence-electron chi connectivity index (χ1n) is 10.8. The lowest BCUT2D eigenvalue weighted by atomic mass is 9.76. The Labute approximate surface area is 189 Å². The molecule has 1 aliphatic heterocycles. The number of hydrazine groups is 1. The number of nitrogens with one attached hydrogen (secondary N) is 3. The van der Waals surface area contributed by atoms with E-state index in [9.17, 15) is 19.2 Å². The summed E-state index contributed by atoms with van der Waals surface area (Å²) >= 11 is 0. The highest BCUT2D eigenvalue weighted by atomic mass is 16.2.